The van der Waals surface area contributed by atoms with Gasteiger partial charge in [-0.15, -0.1) is 0 Å². The Morgan fingerprint density at radius 1 is 1.57 bits per heavy atom. The SMILES string of the molecule is CNC(C)(C)OI. The summed E-state index contributed by atoms with van der Waals surface area (Å²) in [5.74, 6) is 0. The van der Waals surface area contributed by atoms with E-state index in [0.29, 0.717) is 0 Å². The van der Waals surface area contributed by atoms with Crippen molar-refractivity contribution < 1.29 is 3.07 Å². The first-order chi connectivity index (χ1) is 3.12. The van der Waals surface area contributed by atoms with E-state index in [4.69, 9.17) is 3.07 Å². The molecule has 0 rings (SSSR count). The fourth-order valence-electron chi connectivity index (χ4n) is 0.0386. The van der Waals surface area contributed by atoms with Crippen LogP contribution in [0.1, 0.15) is 13.8 Å². The van der Waals surface area contributed by atoms with E-state index < -0.39 is 0 Å². The Balaban J connectivity index is 3.36. The summed E-state index contributed by atoms with van der Waals surface area (Å²) in [7, 11) is 1.86. The van der Waals surface area contributed by atoms with Crippen LogP contribution < -0.4 is 5.32 Å². The molecule has 0 bridgehead atoms. The zero-order valence-corrected chi connectivity index (χ0v) is 6.94. The number of hydrogen-bond acceptors (Lipinski definition) is 2. The molecule has 3 heteroatoms. The maximum absolute atomic E-state index is 4.95. The van der Waals surface area contributed by atoms with E-state index in [0.717, 1.165) is 0 Å². The third kappa shape index (κ3) is 3.25. The highest BCUT2D eigenvalue weighted by Crippen LogP contribution is 2.06. The predicted molar refractivity (Wildman–Crippen MR) is 38.2 cm³/mol. The molecule has 0 saturated carbocycles. The minimum absolute atomic E-state index is 0.180. The minimum Gasteiger partial charge on any atom is -0.294 e. The lowest BCUT2D eigenvalue weighted by molar-refractivity contribution is 0.139. The van der Waals surface area contributed by atoms with Gasteiger partial charge in [-0.25, -0.2) is 0 Å². The Labute approximate surface area is 58.3 Å². The van der Waals surface area contributed by atoms with E-state index in [1.807, 2.05) is 43.9 Å². The van der Waals surface area contributed by atoms with Crippen molar-refractivity contribution in [1.82, 2.24) is 5.32 Å². The molecule has 44 valence electrons. The predicted octanol–water partition coefficient (Wildman–Crippen LogP) is 1.31. The van der Waals surface area contributed by atoms with E-state index in [1.54, 1.807) is 0 Å². The molecule has 0 aromatic carbocycles. The van der Waals surface area contributed by atoms with Gasteiger partial charge < -0.3 is 0 Å². The molecule has 1 N–H and O–H groups in total. The molecule has 0 unspecified atom stereocenters. The fourth-order valence-corrected chi connectivity index (χ4v) is 0.259. The molecule has 0 amide bonds. The first kappa shape index (κ1) is 7.65. The maximum atomic E-state index is 4.95. The van der Waals surface area contributed by atoms with Crippen molar-refractivity contribution in [2.24, 2.45) is 0 Å². The Kier molecular flexibility index (Phi) is 3.10. The van der Waals surface area contributed by atoms with Gasteiger partial charge in [0.05, 0.1) is 0 Å². The van der Waals surface area contributed by atoms with Gasteiger partial charge in [0.2, 0.25) is 0 Å². The summed E-state index contributed by atoms with van der Waals surface area (Å²) in [5, 5.41) is 2.96. The number of rotatable bonds is 2. The van der Waals surface area contributed by atoms with Gasteiger partial charge in [0, 0.05) is 0 Å². The van der Waals surface area contributed by atoms with Crippen molar-refractivity contribution in [3.05, 3.63) is 0 Å². The topological polar surface area (TPSA) is 21.3 Å². The van der Waals surface area contributed by atoms with Crippen molar-refractivity contribution in [3.63, 3.8) is 0 Å². The smallest absolute Gasteiger partial charge is 0.125 e. The Morgan fingerprint density at radius 3 is 2.00 bits per heavy atom. The van der Waals surface area contributed by atoms with E-state index in [2.05, 4.69) is 5.32 Å². The van der Waals surface area contributed by atoms with Crippen molar-refractivity contribution in [2.45, 2.75) is 19.6 Å². The highest BCUT2D eigenvalue weighted by atomic mass is 127. The van der Waals surface area contributed by atoms with E-state index in [1.165, 1.54) is 0 Å². The molecule has 0 heterocycles. The number of nitrogens with one attached hydrogen (secondary N) is 1. The van der Waals surface area contributed by atoms with Crippen LogP contribution in [-0.4, -0.2) is 12.8 Å². The summed E-state index contributed by atoms with van der Waals surface area (Å²) >= 11 is 1.87. The van der Waals surface area contributed by atoms with Crippen LogP contribution in [-0.2, 0) is 3.07 Å². The summed E-state index contributed by atoms with van der Waals surface area (Å²) in [6.07, 6.45) is 0. The minimum atomic E-state index is -0.180. The third-order valence-electron chi connectivity index (χ3n) is 0.795. The van der Waals surface area contributed by atoms with E-state index in [-0.39, 0.29) is 5.72 Å². The molecule has 0 aliphatic carbocycles. The summed E-state index contributed by atoms with van der Waals surface area (Å²) in [6, 6.07) is 0. The van der Waals surface area contributed by atoms with Crippen LogP contribution >= 0.6 is 23.0 Å². The number of hydrogen-bond donors (Lipinski definition) is 1. The molecule has 0 aromatic heterocycles. The summed E-state index contributed by atoms with van der Waals surface area (Å²) in [4.78, 5) is 0. The highest BCUT2D eigenvalue weighted by molar-refractivity contribution is 14.1. The van der Waals surface area contributed by atoms with Crippen LogP contribution in [0.25, 0.3) is 0 Å². The van der Waals surface area contributed by atoms with Crippen LogP contribution in [0.3, 0.4) is 0 Å². The molecule has 0 spiro atoms. The Bertz CT molecular complexity index is 49.7. The molecular weight excluding hydrogens is 205 g/mol. The van der Waals surface area contributed by atoms with Crippen molar-refractivity contribution in [2.75, 3.05) is 7.05 Å². The normalized spacial score (nSPS) is 12.0. The second-order valence-corrected chi connectivity index (χ2v) is 2.28. The quantitative estimate of drug-likeness (QED) is 0.553. The molecule has 0 aliphatic rings. The Hall–Kier alpha value is 0.650. The summed E-state index contributed by atoms with van der Waals surface area (Å²) < 4.78 is 4.95. The van der Waals surface area contributed by atoms with E-state index in [9.17, 15) is 0 Å². The second-order valence-electron chi connectivity index (χ2n) is 1.84. The van der Waals surface area contributed by atoms with Crippen LogP contribution in [0, 0.1) is 0 Å². The van der Waals surface area contributed by atoms with Gasteiger partial charge in [-0.05, 0) is 20.9 Å². The lowest BCUT2D eigenvalue weighted by Gasteiger charge is -2.18. The lowest BCUT2D eigenvalue weighted by Crippen LogP contribution is -2.35. The Morgan fingerprint density at radius 2 is 2.00 bits per heavy atom. The average molecular weight is 215 g/mol. The van der Waals surface area contributed by atoms with Crippen molar-refractivity contribution >= 4 is 23.0 Å². The van der Waals surface area contributed by atoms with Gasteiger partial charge in [0.15, 0.2) is 0 Å². The van der Waals surface area contributed by atoms with Gasteiger partial charge in [0.25, 0.3) is 0 Å². The first-order valence-corrected chi connectivity index (χ1v) is 2.99. The molecule has 0 aliphatic heterocycles. The van der Waals surface area contributed by atoms with Gasteiger partial charge in [-0.3, -0.25) is 8.38 Å². The summed E-state index contributed by atoms with van der Waals surface area (Å²) in [6.45, 7) is 3.92. The monoisotopic (exact) mass is 215 g/mol. The molecule has 0 aromatic rings. The van der Waals surface area contributed by atoms with E-state index >= 15 is 0 Å². The fraction of sp³-hybridized carbons (Fsp3) is 1.00. The second kappa shape index (κ2) is 2.84. The number of halogens is 1. The zero-order chi connectivity index (χ0) is 5.91. The van der Waals surface area contributed by atoms with Gasteiger partial charge >= 0.3 is 0 Å². The molecule has 0 atom stereocenters. The molecule has 0 radical (unpaired) electrons. The van der Waals surface area contributed by atoms with Gasteiger partial charge in [-0.1, -0.05) is 0 Å². The molecule has 0 saturated heterocycles. The summed E-state index contributed by atoms with van der Waals surface area (Å²) in [5.41, 5.74) is -0.180. The van der Waals surface area contributed by atoms with Gasteiger partial charge in [0.1, 0.15) is 28.7 Å². The van der Waals surface area contributed by atoms with Crippen molar-refractivity contribution in [1.29, 1.82) is 0 Å². The van der Waals surface area contributed by atoms with Crippen molar-refractivity contribution in [3.8, 4) is 0 Å². The van der Waals surface area contributed by atoms with Crippen LogP contribution in [0.4, 0.5) is 0 Å². The average Bonchev–Trinajstić information content (AvgIpc) is 1.68. The third-order valence-corrected chi connectivity index (χ3v) is 1.90. The lowest BCUT2D eigenvalue weighted by atomic mass is 10.3. The largest absolute Gasteiger partial charge is 0.294 e. The first-order valence-electron chi connectivity index (χ1n) is 2.11. The maximum Gasteiger partial charge on any atom is 0.125 e. The standard InChI is InChI=1S/C4H10INO/c1-4(2,6-3)7-5/h6H,1-3H3. The molecule has 7 heavy (non-hydrogen) atoms. The molecule has 0 fully saturated rings. The molecular formula is C4H10INO. The van der Waals surface area contributed by atoms with Gasteiger partial charge in [-0.2, -0.15) is 0 Å². The van der Waals surface area contributed by atoms with Crippen LogP contribution in [0.2, 0.25) is 0 Å². The molecule has 2 nitrogen and oxygen atoms in total. The van der Waals surface area contributed by atoms with Crippen LogP contribution in [0.15, 0.2) is 0 Å². The van der Waals surface area contributed by atoms with Crippen LogP contribution in [0.5, 0.6) is 0 Å². The zero-order valence-electron chi connectivity index (χ0n) is 4.79. The highest BCUT2D eigenvalue weighted by Gasteiger charge is 2.11.